The van der Waals surface area contributed by atoms with E-state index in [1.807, 2.05) is 6.07 Å². The van der Waals surface area contributed by atoms with Crippen molar-refractivity contribution in [1.29, 1.82) is 0 Å². The van der Waals surface area contributed by atoms with Crippen LogP contribution in [0.1, 0.15) is 15.9 Å². The number of rotatable bonds is 10. The highest BCUT2D eigenvalue weighted by molar-refractivity contribution is 5.96. The monoisotopic (exact) mass is 359 g/mol. The fourth-order valence-electron chi connectivity index (χ4n) is 2.18. The van der Waals surface area contributed by atoms with Gasteiger partial charge in [0.25, 0.3) is 5.91 Å². The summed E-state index contributed by atoms with van der Waals surface area (Å²) in [6.07, 6.45) is 0. The Balaban J connectivity index is 1.96. The zero-order chi connectivity index (χ0) is 18.8. The first-order chi connectivity index (χ1) is 12.6. The Morgan fingerprint density at radius 3 is 2.62 bits per heavy atom. The summed E-state index contributed by atoms with van der Waals surface area (Å²) < 4.78 is 15.6. The Hall–Kier alpha value is -3.06. The van der Waals surface area contributed by atoms with Crippen LogP contribution in [0, 0.1) is 0 Å². The predicted octanol–water partition coefficient (Wildman–Crippen LogP) is 2.11. The van der Waals surface area contributed by atoms with Crippen LogP contribution in [-0.2, 0) is 16.1 Å². The van der Waals surface area contributed by atoms with Crippen molar-refractivity contribution in [1.82, 2.24) is 5.32 Å². The molecule has 2 rings (SSSR count). The molecule has 0 bridgehead atoms. The normalized spacial score (nSPS) is 10.2. The summed E-state index contributed by atoms with van der Waals surface area (Å²) in [5, 5.41) is 11.5. The van der Waals surface area contributed by atoms with Gasteiger partial charge in [0, 0.05) is 13.7 Å². The van der Waals surface area contributed by atoms with Gasteiger partial charge in [0.05, 0.1) is 12.2 Å². The van der Waals surface area contributed by atoms with E-state index in [0.29, 0.717) is 30.3 Å². The number of aliphatic carboxylic acids is 1. The Labute approximate surface area is 151 Å². The van der Waals surface area contributed by atoms with Crippen molar-refractivity contribution in [3.8, 4) is 11.5 Å². The number of nitrogens with one attached hydrogen (secondary N) is 1. The number of benzene rings is 2. The molecule has 26 heavy (non-hydrogen) atoms. The lowest BCUT2D eigenvalue weighted by Gasteiger charge is -2.12. The molecule has 138 valence electrons. The van der Waals surface area contributed by atoms with Crippen LogP contribution in [0.25, 0.3) is 0 Å². The molecule has 0 aliphatic carbocycles. The summed E-state index contributed by atoms with van der Waals surface area (Å²) >= 11 is 0. The average molecular weight is 359 g/mol. The second-order valence-electron chi connectivity index (χ2n) is 5.35. The van der Waals surface area contributed by atoms with E-state index in [9.17, 15) is 9.59 Å². The lowest BCUT2D eigenvalue weighted by molar-refractivity contribution is -0.139. The SMILES string of the molecule is COCCOc1ccccc1C(=O)NCc1cccc(OCC(=O)O)c1. The molecular weight excluding hydrogens is 338 g/mol. The van der Waals surface area contributed by atoms with Gasteiger partial charge in [-0.15, -0.1) is 0 Å². The van der Waals surface area contributed by atoms with Gasteiger partial charge in [-0.2, -0.15) is 0 Å². The highest BCUT2D eigenvalue weighted by Gasteiger charge is 2.12. The first-order valence-corrected chi connectivity index (χ1v) is 8.02. The van der Waals surface area contributed by atoms with Gasteiger partial charge in [0.15, 0.2) is 6.61 Å². The molecule has 0 aliphatic rings. The van der Waals surface area contributed by atoms with Crippen LogP contribution in [0.3, 0.4) is 0 Å². The summed E-state index contributed by atoms with van der Waals surface area (Å²) in [6.45, 7) is 0.639. The maximum atomic E-state index is 12.4. The topological polar surface area (TPSA) is 94.1 Å². The molecule has 2 N–H and O–H groups in total. The maximum Gasteiger partial charge on any atom is 0.341 e. The van der Waals surface area contributed by atoms with Crippen molar-refractivity contribution in [2.75, 3.05) is 26.9 Å². The van der Waals surface area contributed by atoms with Gasteiger partial charge >= 0.3 is 5.97 Å². The molecule has 2 aromatic rings. The Morgan fingerprint density at radius 1 is 1.04 bits per heavy atom. The second kappa shape index (κ2) is 10.0. The highest BCUT2D eigenvalue weighted by atomic mass is 16.5. The van der Waals surface area contributed by atoms with Crippen molar-refractivity contribution < 1.29 is 28.9 Å². The second-order valence-corrected chi connectivity index (χ2v) is 5.35. The lowest BCUT2D eigenvalue weighted by Crippen LogP contribution is -2.23. The Kier molecular flexibility index (Phi) is 7.45. The molecule has 7 heteroatoms. The standard InChI is InChI=1S/C19H21NO6/c1-24-9-10-25-17-8-3-2-7-16(17)19(23)20-12-14-5-4-6-15(11-14)26-13-18(21)22/h2-8,11H,9-10,12-13H2,1H3,(H,20,23)(H,21,22). The molecule has 0 saturated heterocycles. The summed E-state index contributed by atoms with van der Waals surface area (Å²) in [6, 6.07) is 13.9. The number of ether oxygens (including phenoxy) is 3. The maximum absolute atomic E-state index is 12.4. The number of carboxylic acids is 1. The molecule has 0 aromatic heterocycles. The average Bonchev–Trinajstić information content (AvgIpc) is 2.65. The predicted molar refractivity (Wildman–Crippen MR) is 94.6 cm³/mol. The minimum absolute atomic E-state index is 0.269. The van der Waals surface area contributed by atoms with Gasteiger partial charge < -0.3 is 24.6 Å². The molecule has 0 heterocycles. The van der Waals surface area contributed by atoms with Gasteiger partial charge in [-0.25, -0.2) is 4.79 Å². The fourth-order valence-corrected chi connectivity index (χ4v) is 2.18. The van der Waals surface area contributed by atoms with Crippen molar-refractivity contribution in [2.24, 2.45) is 0 Å². The van der Waals surface area contributed by atoms with Crippen molar-refractivity contribution in [3.63, 3.8) is 0 Å². The molecule has 0 atom stereocenters. The third kappa shape index (κ3) is 6.10. The van der Waals surface area contributed by atoms with Gasteiger partial charge in [-0.1, -0.05) is 24.3 Å². The quantitative estimate of drug-likeness (QED) is 0.631. The smallest absolute Gasteiger partial charge is 0.341 e. The van der Waals surface area contributed by atoms with Crippen molar-refractivity contribution in [3.05, 3.63) is 59.7 Å². The van der Waals surface area contributed by atoms with E-state index in [1.165, 1.54) is 0 Å². The first-order valence-electron chi connectivity index (χ1n) is 8.02. The van der Waals surface area contributed by atoms with Crippen LogP contribution < -0.4 is 14.8 Å². The summed E-state index contributed by atoms with van der Waals surface area (Å²) in [4.78, 5) is 23.0. The fraction of sp³-hybridized carbons (Fsp3) is 0.263. The molecule has 0 spiro atoms. The van der Waals surface area contributed by atoms with E-state index >= 15 is 0 Å². The van der Waals surface area contributed by atoms with E-state index in [0.717, 1.165) is 5.56 Å². The lowest BCUT2D eigenvalue weighted by atomic mass is 10.1. The van der Waals surface area contributed by atoms with E-state index in [-0.39, 0.29) is 12.5 Å². The summed E-state index contributed by atoms with van der Waals surface area (Å²) in [5.41, 5.74) is 1.22. The van der Waals surface area contributed by atoms with Gasteiger partial charge in [-0.3, -0.25) is 4.79 Å². The third-order valence-electron chi connectivity index (χ3n) is 3.39. The van der Waals surface area contributed by atoms with Gasteiger partial charge in [0.2, 0.25) is 0 Å². The first kappa shape index (κ1) is 19.3. The minimum atomic E-state index is -1.05. The number of carbonyl (C=O) groups is 2. The molecule has 1 amide bonds. The number of hydrogen-bond donors (Lipinski definition) is 2. The van der Waals surface area contributed by atoms with E-state index < -0.39 is 12.6 Å². The van der Waals surface area contributed by atoms with Gasteiger partial charge in [-0.05, 0) is 29.8 Å². The largest absolute Gasteiger partial charge is 0.490 e. The van der Waals surface area contributed by atoms with Gasteiger partial charge in [0.1, 0.15) is 18.1 Å². The number of hydrogen-bond acceptors (Lipinski definition) is 5. The van der Waals surface area contributed by atoms with Crippen LogP contribution in [0.2, 0.25) is 0 Å². The molecule has 0 fully saturated rings. The Morgan fingerprint density at radius 2 is 1.85 bits per heavy atom. The summed E-state index contributed by atoms with van der Waals surface area (Å²) in [5.74, 6) is -0.397. The van der Waals surface area contributed by atoms with E-state index in [2.05, 4.69) is 5.32 Å². The molecule has 0 saturated carbocycles. The zero-order valence-corrected chi connectivity index (χ0v) is 14.4. The number of methoxy groups -OCH3 is 1. The highest BCUT2D eigenvalue weighted by Crippen LogP contribution is 2.18. The minimum Gasteiger partial charge on any atom is -0.490 e. The van der Waals surface area contributed by atoms with Crippen molar-refractivity contribution >= 4 is 11.9 Å². The third-order valence-corrected chi connectivity index (χ3v) is 3.39. The molecule has 0 aliphatic heterocycles. The van der Waals surface area contributed by atoms with Crippen LogP contribution >= 0.6 is 0 Å². The molecule has 7 nitrogen and oxygen atoms in total. The van der Waals surface area contributed by atoms with E-state index in [1.54, 1.807) is 49.6 Å². The van der Waals surface area contributed by atoms with Crippen molar-refractivity contribution in [2.45, 2.75) is 6.54 Å². The van der Waals surface area contributed by atoms with Crippen LogP contribution in [0.4, 0.5) is 0 Å². The number of carbonyl (C=O) groups excluding carboxylic acids is 1. The number of amides is 1. The molecular formula is C19H21NO6. The number of carboxylic acid groups (broad SMARTS) is 1. The molecule has 0 unspecified atom stereocenters. The zero-order valence-electron chi connectivity index (χ0n) is 14.4. The Bertz CT molecular complexity index is 746. The van der Waals surface area contributed by atoms with Crippen LogP contribution in [-0.4, -0.2) is 43.9 Å². The molecule has 0 radical (unpaired) electrons. The summed E-state index contributed by atoms with van der Waals surface area (Å²) in [7, 11) is 1.58. The van der Waals surface area contributed by atoms with Crippen LogP contribution in [0.5, 0.6) is 11.5 Å². The number of para-hydroxylation sites is 1. The van der Waals surface area contributed by atoms with Crippen LogP contribution in [0.15, 0.2) is 48.5 Å². The van der Waals surface area contributed by atoms with E-state index in [4.69, 9.17) is 19.3 Å². The molecule has 2 aromatic carbocycles.